The molecule has 1 saturated heterocycles. The van der Waals surface area contributed by atoms with E-state index in [2.05, 4.69) is 17.3 Å². The van der Waals surface area contributed by atoms with Crippen molar-refractivity contribution < 1.29 is 4.79 Å². The minimum atomic E-state index is 0.133. The average Bonchev–Trinajstić information content (AvgIpc) is 2.67. The van der Waals surface area contributed by atoms with Gasteiger partial charge in [0.15, 0.2) is 0 Å². The highest BCUT2D eigenvalue weighted by molar-refractivity contribution is 5.90. The number of nitrogens with one attached hydrogen (secondary N) is 1. The summed E-state index contributed by atoms with van der Waals surface area (Å²) >= 11 is 0. The van der Waals surface area contributed by atoms with E-state index in [9.17, 15) is 4.79 Å². The Morgan fingerprint density at radius 2 is 2.12 bits per heavy atom. The quantitative estimate of drug-likeness (QED) is 0.867. The van der Waals surface area contributed by atoms with Crippen molar-refractivity contribution in [2.24, 2.45) is 5.92 Å². The van der Waals surface area contributed by atoms with E-state index in [1.165, 1.54) is 5.56 Å². The van der Waals surface area contributed by atoms with Crippen LogP contribution in [0.25, 0.3) is 0 Å². The Labute approximate surface area is 103 Å². The molecule has 3 nitrogen and oxygen atoms in total. The predicted molar refractivity (Wildman–Crippen MR) is 70.0 cm³/mol. The van der Waals surface area contributed by atoms with Gasteiger partial charge in [-0.15, -0.1) is 0 Å². The molecule has 17 heavy (non-hydrogen) atoms. The van der Waals surface area contributed by atoms with Crippen LogP contribution in [0.1, 0.15) is 18.4 Å². The highest BCUT2D eigenvalue weighted by atomic mass is 16.1. The van der Waals surface area contributed by atoms with Gasteiger partial charge in [-0.3, -0.25) is 4.79 Å². The SMILES string of the molecule is Cc1ccc(NC(=O)CC2CCN(C)C2)cc1. The molecule has 0 aromatic heterocycles. The first-order chi connectivity index (χ1) is 8.13. The van der Waals surface area contributed by atoms with E-state index < -0.39 is 0 Å². The van der Waals surface area contributed by atoms with Crippen LogP contribution in [0.2, 0.25) is 0 Å². The van der Waals surface area contributed by atoms with Crippen LogP contribution in [-0.4, -0.2) is 30.9 Å². The summed E-state index contributed by atoms with van der Waals surface area (Å²) in [6.07, 6.45) is 1.77. The van der Waals surface area contributed by atoms with E-state index in [1.54, 1.807) is 0 Å². The number of carbonyl (C=O) groups is 1. The monoisotopic (exact) mass is 232 g/mol. The Balaban J connectivity index is 1.83. The van der Waals surface area contributed by atoms with Crippen molar-refractivity contribution in [1.82, 2.24) is 4.90 Å². The van der Waals surface area contributed by atoms with Crippen LogP contribution in [0.3, 0.4) is 0 Å². The van der Waals surface area contributed by atoms with Crippen molar-refractivity contribution in [3.8, 4) is 0 Å². The zero-order valence-electron chi connectivity index (χ0n) is 10.6. The number of aryl methyl sites for hydroxylation is 1. The minimum absolute atomic E-state index is 0.133. The molecular formula is C14H20N2O. The third-order valence-corrected chi connectivity index (χ3v) is 3.30. The molecule has 1 heterocycles. The lowest BCUT2D eigenvalue weighted by molar-refractivity contribution is -0.117. The second-order valence-electron chi connectivity index (χ2n) is 5.04. The summed E-state index contributed by atoms with van der Waals surface area (Å²) in [7, 11) is 2.11. The van der Waals surface area contributed by atoms with E-state index in [0.29, 0.717) is 12.3 Å². The van der Waals surface area contributed by atoms with Gasteiger partial charge in [-0.1, -0.05) is 17.7 Å². The summed E-state index contributed by atoms with van der Waals surface area (Å²) in [6.45, 7) is 4.20. The first kappa shape index (κ1) is 12.1. The molecule has 1 atom stereocenters. The molecule has 1 N–H and O–H groups in total. The Kier molecular flexibility index (Phi) is 3.79. The molecule has 0 radical (unpaired) electrons. The minimum Gasteiger partial charge on any atom is -0.326 e. The third kappa shape index (κ3) is 3.56. The zero-order valence-corrected chi connectivity index (χ0v) is 10.6. The van der Waals surface area contributed by atoms with Crippen LogP contribution in [0, 0.1) is 12.8 Å². The molecule has 1 aromatic carbocycles. The van der Waals surface area contributed by atoms with E-state index in [4.69, 9.17) is 0 Å². The summed E-state index contributed by atoms with van der Waals surface area (Å²) < 4.78 is 0. The number of carbonyl (C=O) groups excluding carboxylic acids is 1. The van der Waals surface area contributed by atoms with E-state index in [-0.39, 0.29) is 5.91 Å². The van der Waals surface area contributed by atoms with Crippen LogP contribution in [0.15, 0.2) is 24.3 Å². The van der Waals surface area contributed by atoms with Gasteiger partial charge in [0, 0.05) is 18.7 Å². The lowest BCUT2D eigenvalue weighted by Crippen LogP contribution is -2.19. The fraction of sp³-hybridized carbons (Fsp3) is 0.500. The molecule has 1 amide bonds. The van der Waals surface area contributed by atoms with Gasteiger partial charge in [0.05, 0.1) is 0 Å². The van der Waals surface area contributed by atoms with Crippen LogP contribution < -0.4 is 5.32 Å². The van der Waals surface area contributed by atoms with Crippen molar-refractivity contribution in [1.29, 1.82) is 0 Å². The lowest BCUT2D eigenvalue weighted by atomic mass is 10.0. The van der Waals surface area contributed by atoms with Gasteiger partial charge < -0.3 is 10.2 Å². The van der Waals surface area contributed by atoms with Crippen molar-refractivity contribution in [3.05, 3.63) is 29.8 Å². The maximum absolute atomic E-state index is 11.8. The standard InChI is InChI=1S/C14H20N2O/c1-11-3-5-13(6-4-11)15-14(17)9-12-7-8-16(2)10-12/h3-6,12H,7-10H2,1-2H3,(H,15,17). The van der Waals surface area contributed by atoms with E-state index in [0.717, 1.165) is 25.2 Å². The molecule has 0 saturated carbocycles. The number of rotatable bonds is 3. The Morgan fingerprint density at radius 1 is 1.41 bits per heavy atom. The molecule has 1 aliphatic heterocycles. The van der Waals surface area contributed by atoms with Crippen molar-refractivity contribution in [3.63, 3.8) is 0 Å². The molecule has 0 bridgehead atoms. The second-order valence-corrected chi connectivity index (χ2v) is 5.04. The van der Waals surface area contributed by atoms with Gasteiger partial charge >= 0.3 is 0 Å². The molecule has 1 fully saturated rings. The fourth-order valence-corrected chi connectivity index (χ4v) is 2.30. The lowest BCUT2D eigenvalue weighted by Gasteiger charge is -2.10. The Hall–Kier alpha value is -1.35. The summed E-state index contributed by atoms with van der Waals surface area (Å²) in [5.41, 5.74) is 2.10. The van der Waals surface area contributed by atoms with E-state index >= 15 is 0 Å². The molecular weight excluding hydrogens is 212 g/mol. The number of hydrogen-bond acceptors (Lipinski definition) is 2. The van der Waals surface area contributed by atoms with Crippen LogP contribution >= 0.6 is 0 Å². The topological polar surface area (TPSA) is 32.3 Å². The third-order valence-electron chi connectivity index (χ3n) is 3.30. The van der Waals surface area contributed by atoms with Gasteiger partial charge in [0.2, 0.25) is 5.91 Å². The normalized spacial score (nSPS) is 20.5. The Bertz CT molecular complexity index is 386. The molecule has 1 unspecified atom stereocenters. The fourth-order valence-electron chi connectivity index (χ4n) is 2.30. The smallest absolute Gasteiger partial charge is 0.224 e. The molecule has 92 valence electrons. The maximum Gasteiger partial charge on any atom is 0.224 e. The largest absolute Gasteiger partial charge is 0.326 e. The summed E-state index contributed by atoms with van der Waals surface area (Å²) in [5, 5.41) is 2.95. The van der Waals surface area contributed by atoms with Crippen LogP contribution in [0.5, 0.6) is 0 Å². The number of benzene rings is 1. The van der Waals surface area contributed by atoms with Gasteiger partial charge in [0.25, 0.3) is 0 Å². The van der Waals surface area contributed by atoms with Gasteiger partial charge in [-0.25, -0.2) is 0 Å². The summed E-state index contributed by atoms with van der Waals surface area (Å²) in [4.78, 5) is 14.1. The highest BCUT2D eigenvalue weighted by Gasteiger charge is 2.21. The predicted octanol–water partition coefficient (Wildman–Crippen LogP) is 2.28. The molecule has 0 spiro atoms. The number of amides is 1. The maximum atomic E-state index is 11.8. The number of anilines is 1. The van der Waals surface area contributed by atoms with Gasteiger partial charge in [-0.05, 0) is 45.0 Å². The molecule has 1 aromatic rings. The van der Waals surface area contributed by atoms with Gasteiger partial charge in [-0.2, -0.15) is 0 Å². The van der Waals surface area contributed by atoms with Crippen LogP contribution in [-0.2, 0) is 4.79 Å². The molecule has 3 heteroatoms. The highest BCUT2D eigenvalue weighted by Crippen LogP contribution is 2.19. The van der Waals surface area contributed by atoms with Crippen molar-refractivity contribution >= 4 is 11.6 Å². The van der Waals surface area contributed by atoms with E-state index in [1.807, 2.05) is 31.2 Å². The first-order valence-electron chi connectivity index (χ1n) is 6.18. The average molecular weight is 232 g/mol. The first-order valence-corrected chi connectivity index (χ1v) is 6.18. The van der Waals surface area contributed by atoms with Crippen molar-refractivity contribution in [2.45, 2.75) is 19.8 Å². The molecule has 2 rings (SSSR count). The van der Waals surface area contributed by atoms with Gasteiger partial charge in [0.1, 0.15) is 0 Å². The molecule has 1 aliphatic rings. The zero-order chi connectivity index (χ0) is 12.3. The number of hydrogen-bond donors (Lipinski definition) is 1. The Morgan fingerprint density at radius 3 is 2.71 bits per heavy atom. The number of nitrogens with zero attached hydrogens (tertiary/aromatic N) is 1. The number of likely N-dealkylation sites (tertiary alicyclic amines) is 1. The molecule has 0 aliphatic carbocycles. The summed E-state index contributed by atoms with van der Waals surface area (Å²) in [5.74, 6) is 0.652. The van der Waals surface area contributed by atoms with Crippen molar-refractivity contribution in [2.75, 3.05) is 25.5 Å². The summed E-state index contributed by atoms with van der Waals surface area (Å²) in [6, 6.07) is 7.93. The van der Waals surface area contributed by atoms with Crippen LogP contribution in [0.4, 0.5) is 5.69 Å². The second kappa shape index (κ2) is 5.32.